The lowest BCUT2D eigenvalue weighted by Gasteiger charge is -2.20. The Kier molecular flexibility index (Phi) is 4.09. The molecule has 1 fully saturated rings. The van der Waals surface area contributed by atoms with Crippen LogP contribution < -0.4 is 5.73 Å². The summed E-state index contributed by atoms with van der Waals surface area (Å²) in [6, 6.07) is 0. The molecule has 1 saturated heterocycles. The Morgan fingerprint density at radius 2 is 2.25 bits per heavy atom. The number of nitrogens with two attached hydrogens (primary N) is 1. The molecule has 2 aromatic heterocycles. The second-order valence-corrected chi connectivity index (χ2v) is 6.02. The number of ether oxygens (including phenoxy) is 1. The van der Waals surface area contributed by atoms with Gasteiger partial charge in [0.2, 0.25) is 0 Å². The van der Waals surface area contributed by atoms with Crippen LogP contribution in [0.25, 0.3) is 10.8 Å². The topological polar surface area (TPSA) is 87.1 Å². The second-order valence-electron chi connectivity index (χ2n) is 4.93. The minimum Gasteiger partial charge on any atom is -0.378 e. The Bertz CT molecular complexity index is 575. The van der Waals surface area contributed by atoms with Crippen molar-refractivity contribution in [3.8, 4) is 10.8 Å². The van der Waals surface area contributed by atoms with E-state index in [1.807, 2.05) is 6.92 Å². The minimum atomic E-state index is 0.219. The number of thiazole rings is 1. The number of nitrogens with zero attached hydrogens (tertiary/aromatic N) is 3. The number of hydrogen-bond donors (Lipinski definition) is 1. The normalized spacial score (nSPS) is 19.4. The van der Waals surface area contributed by atoms with E-state index in [2.05, 4.69) is 15.1 Å². The predicted octanol–water partition coefficient (Wildman–Crippen LogP) is 2.07. The van der Waals surface area contributed by atoms with Crippen molar-refractivity contribution in [3.05, 3.63) is 16.5 Å². The maximum absolute atomic E-state index is 5.69. The zero-order chi connectivity index (χ0) is 13.9. The van der Waals surface area contributed by atoms with Crippen molar-refractivity contribution in [2.45, 2.75) is 45.3 Å². The molecule has 1 aliphatic heterocycles. The van der Waals surface area contributed by atoms with E-state index in [0.29, 0.717) is 24.7 Å². The van der Waals surface area contributed by atoms with E-state index >= 15 is 0 Å². The zero-order valence-electron chi connectivity index (χ0n) is 11.5. The Labute approximate surface area is 121 Å². The summed E-state index contributed by atoms with van der Waals surface area (Å²) in [6.07, 6.45) is 4.36. The summed E-state index contributed by atoms with van der Waals surface area (Å²) in [7, 11) is 0. The van der Waals surface area contributed by atoms with E-state index in [9.17, 15) is 0 Å². The molecule has 1 unspecified atom stereocenters. The van der Waals surface area contributed by atoms with Crippen molar-refractivity contribution in [1.82, 2.24) is 15.1 Å². The quantitative estimate of drug-likeness (QED) is 0.929. The summed E-state index contributed by atoms with van der Waals surface area (Å²) in [5.41, 5.74) is 6.49. The highest BCUT2D eigenvalue weighted by Crippen LogP contribution is 2.28. The van der Waals surface area contributed by atoms with E-state index in [0.717, 1.165) is 35.0 Å². The summed E-state index contributed by atoms with van der Waals surface area (Å²) in [6.45, 7) is 3.20. The van der Waals surface area contributed by atoms with Crippen LogP contribution in [0.1, 0.15) is 35.8 Å². The van der Waals surface area contributed by atoms with Gasteiger partial charge < -0.3 is 15.0 Å². The van der Waals surface area contributed by atoms with Gasteiger partial charge in [-0.3, -0.25) is 0 Å². The van der Waals surface area contributed by atoms with Crippen molar-refractivity contribution >= 4 is 11.3 Å². The third-order valence-electron chi connectivity index (χ3n) is 3.36. The van der Waals surface area contributed by atoms with Gasteiger partial charge in [0.25, 0.3) is 5.89 Å². The molecule has 2 aromatic rings. The third kappa shape index (κ3) is 2.89. The van der Waals surface area contributed by atoms with Crippen LogP contribution in [0.15, 0.2) is 4.52 Å². The summed E-state index contributed by atoms with van der Waals surface area (Å²) in [5, 5.41) is 4.93. The van der Waals surface area contributed by atoms with Crippen LogP contribution in [0.2, 0.25) is 0 Å². The molecule has 0 aromatic carbocycles. The molecule has 0 bridgehead atoms. The van der Waals surface area contributed by atoms with E-state index in [1.165, 1.54) is 17.8 Å². The predicted molar refractivity (Wildman–Crippen MR) is 75.3 cm³/mol. The number of aromatic nitrogens is 3. The number of rotatable bonds is 4. The molecule has 0 amide bonds. The lowest BCUT2D eigenvalue weighted by atomic mass is 10.1. The van der Waals surface area contributed by atoms with Gasteiger partial charge in [0.15, 0.2) is 5.82 Å². The summed E-state index contributed by atoms with van der Waals surface area (Å²) < 4.78 is 11.0. The van der Waals surface area contributed by atoms with E-state index < -0.39 is 0 Å². The van der Waals surface area contributed by atoms with Gasteiger partial charge in [-0.2, -0.15) is 4.98 Å². The van der Waals surface area contributed by atoms with Crippen LogP contribution in [0.5, 0.6) is 0 Å². The standard InChI is InChI=1S/C13H18N4O2S/c1-8-12(20-11(7-14)15-8)13-16-10(17-19-13)6-9-4-2-3-5-18-9/h9H,2-7,14H2,1H3. The van der Waals surface area contributed by atoms with Gasteiger partial charge in [0, 0.05) is 19.6 Å². The molecule has 1 aliphatic rings. The summed E-state index contributed by atoms with van der Waals surface area (Å²) in [5.74, 6) is 1.24. The largest absolute Gasteiger partial charge is 0.378 e. The molecule has 7 heteroatoms. The van der Waals surface area contributed by atoms with Crippen LogP contribution >= 0.6 is 11.3 Å². The highest BCUT2D eigenvalue weighted by molar-refractivity contribution is 7.15. The molecule has 6 nitrogen and oxygen atoms in total. The number of aryl methyl sites for hydroxylation is 1. The fraction of sp³-hybridized carbons (Fsp3) is 0.615. The molecule has 1 atom stereocenters. The average Bonchev–Trinajstić information content (AvgIpc) is 3.06. The van der Waals surface area contributed by atoms with Crippen molar-refractivity contribution < 1.29 is 9.26 Å². The lowest BCUT2D eigenvalue weighted by molar-refractivity contribution is 0.0153. The van der Waals surface area contributed by atoms with Crippen molar-refractivity contribution in [1.29, 1.82) is 0 Å². The fourth-order valence-electron chi connectivity index (χ4n) is 2.34. The van der Waals surface area contributed by atoms with Crippen LogP contribution in [-0.2, 0) is 17.7 Å². The molecular formula is C13H18N4O2S. The van der Waals surface area contributed by atoms with E-state index in [-0.39, 0.29) is 6.10 Å². The molecule has 0 spiro atoms. The Morgan fingerprint density at radius 1 is 1.35 bits per heavy atom. The number of hydrogen-bond acceptors (Lipinski definition) is 7. The lowest BCUT2D eigenvalue weighted by Crippen LogP contribution is -2.21. The van der Waals surface area contributed by atoms with Crippen LogP contribution in [-0.4, -0.2) is 27.8 Å². The van der Waals surface area contributed by atoms with Gasteiger partial charge in [0.05, 0.1) is 11.8 Å². The molecule has 0 saturated carbocycles. The second kappa shape index (κ2) is 5.99. The Hall–Kier alpha value is -1.31. The molecule has 0 aliphatic carbocycles. The van der Waals surface area contributed by atoms with Gasteiger partial charge in [-0.15, -0.1) is 11.3 Å². The van der Waals surface area contributed by atoms with Crippen LogP contribution in [0.3, 0.4) is 0 Å². The molecule has 3 heterocycles. The Morgan fingerprint density at radius 3 is 2.95 bits per heavy atom. The first-order valence-electron chi connectivity index (χ1n) is 6.87. The maximum atomic E-state index is 5.69. The molecular weight excluding hydrogens is 276 g/mol. The SMILES string of the molecule is Cc1nc(CN)sc1-c1nc(CC2CCCCO2)no1. The van der Waals surface area contributed by atoms with Crippen molar-refractivity contribution in [2.24, 2.45) is 5.73 Å². The van der Waals surface area contributed by atoms with E-state index in [1.54, 1.807) is 0 Å². The van der Waals surface area contributed by atoms with Gasteiger partial charge in [0.1, 0.15) is 9.88 Å². The van der Waals surface area contributed by atoms with Crippen molar-refractivity contribution in [2.75, 3.05) is 6.61 Å². The molecule has 2 N–H and O–H groups in total. The smallest absolute Gasteiger partial charge is 0.269 e. The van der Waals surface area contributed by atoms with Gasteiger partial charge >= 0.3 is 0 Å². The maximum Gasteiger partial charge on any atom is 0.269 e. The van der Waals surface area contributed by atoms with Crippen LogP contribution in [0, 0.1) is 6.92 Å². The van der Waals surface area contributed by atoms with Crippen molar-refractivity contribution in [3.63, 3.8) is 0 Å². The summed E-state index contributed by atoms with van der Waals surface area (Å²) >= 11 is 1.51. The highest BCUT2D eigenvalue weighted by Gasteiger charge is 2.20. The first kappa shape index (κ1) is 13.7. The Balaban J connectivity index is 1.73. The molecule has 108 valence electrons. The fourth-order valence-corrected chi connectivity index (χ4v) is 3.20. The monoisotopic (exact) mass is 294 g/mol. The molecule has 0 radical (unpaired) electrons. The van der Waals surface area contributed by atoms with Gasteiger partial charge in [-0.1, -0.05) is 5.16 Å². The van der Waals surface area contributed by atoms with E-state index in [4.69, 9.17) is 15.0 Å². The third-order valence-corrected chi connectivity index (χ3v) is 4.53. The first-order chi connectivity index (χ1) is 9.76. The average molecular weight is 294 g/mol. The van der Waals surface area contributed by atoms with Crippen LogP contribution in [0.4, 0.5) is 0 Å². The highest BCUT2D eigenvalue weighted by atomic mass is 32.1. The van der Waals surface area contributed by atoms with Gasteiger partial charge in [-0.05, 0) is 26.2 Å². The summed E-state index contributed by atoms with van der Waals surface area (Å²) in [4.78, 5) is 9.74. The zero-order valence-corrected chi connectivity index (χ0v) is 12.3. The minimum absolute atomic E-state index is 0.219. The first-order valence-corrected chi connectivity index (χ1v) is 7.69. The molecule has 20 heavy (non-hydrogen) atoms. The molecule has 3 rings (SSSR count). The van der Waals surface area contributed by atoms with Gasteiger partial charge in [-0.25, -0.2) is 4.98 Å².